The standard InChI is InChI=1S/C16H16ClN3OS/c1-9-6-12(10(2)20(9)3)8-18-15(21)11-4-5-14-13(7-11)19-16(17)22-14/h4-7H,8H2,1-3H3,(H,18,21). The quantitative estimate of drug-likeness (QED) is 0.791. The number of fused-ring (bicyclic) bond motifs is 1. The number of hydrogen-bond donors (Lipinski definition) is 1. The largest absolute Gasteiger partial charge is 0.352 e. The van der Waals surface area contributed by atoms with Gasteiger partial charge in [0.2, 0.25) is 0 Å². The molecule has 0 unspecified atom stereocenters. The number of benzene rings is 1. The molecule has 1 aromatic carbocycles. The molecule has 6 heteroatoms. The maximum absolute atomic E-state index is 12.3. The van der Waals surface area contributed by atoms with Crippen LogP contribution in [0.25, 0.3) is 10.2 Å². The zero-order chi connectivity index (χ0) is 15.9. The lowest BCUT2D eigenvalue weighted by molar-refractivity contribution is 0.0951. The second-order valence-corrected chi connectivity index (χ2v) is 6.90. The van der Waals surface area contributed by atoms with Crippen LogP contribution in [0, 0.1) is 13.8 Å². The summed E-state index contributed by atoms with van der Waals surface area (Å²) >= 11 is 7.30. The van der Waals surface area contributed by atoms with Crippen LogP contribution in [0.15, 0.2) is 24.3 Å². The van der Waals surface area contributed by atoms with E-state index in [-0.39, 0.29) is 5.91 Å². The fourth-order valence-electron chi connectivity index (χ4n) is 2.43. The molecule has 114 valence electrons. The first-order valence-corrected chi connectivity index (χ1v) is 8.11. The molecule has 1 amide bonds. The van der Waals surface area contributed by atoms with E-state index in [9.17, 15) is 4.79 Å². The first-order chi connectivity index (χ1) is 10.5. The Bertz CT molecular complexity index is 866. The van der Waals surface area contributed by atoms with Crippen molar-refractivity contribution in [1.29, 1.82) is 0 Å². The number of aromatic nitrogens is 2. The molecule has 0 aliphatic heterocycles. The van der Waals surface area contributed by atoms with Crippen LogP contribution < -0.4 is 5.32 Å². The SMILES string of the molecule is Cc1cc(CNC(=O)c2ccc3sc(Cl)nc3c2)c(C)n1C. The molecule has 0 bridgehead atoms. The third-order valence-electron chi connectivity index (χ3n) is 3.94. The van der Waals surface area contributed by atoms with Crippen LogP contribution in [0.5, 0.6) is 0 Å². The summed E-state index contributed by atoms with van der Waals surface area (Å²) in [4.78, 5) is 16.5. The van der Waals surface area contributed by atoms with Crippen LogP contribution in [-0.4, -0.2) is 15.5 Å². The van der Waals surface area contributed by atoms with E-state index in [1.54, 1.807) is 12.1 Å². The minimum atomic E-state index is -0.105. The lowest BCUT2D eigenvalue weighted by Crippen LogP contribution is -2.23. The van der Waals surface area contributed by atoms with Gasteiger partial charge in [-0.3, -0.25) is 4.79 Å². The minimum absolute atomic E-state index is 0.105. The highest BCUT2D eigenvalue weighted by Crippen LogP contribution is 2.26. The average Bonchev–Trinajstić information content (AvgIpc) is 2.98. The van der Waals surface area contributed by atoms with E-state index in [4.69, 9.17) is 11.6 Å². The second kappa shape index (κ2) is 5.74. The van der Waals surface area contributed by atoms with E-state index in [0.717, 1.165) is 15.8 Å². The highest BCUT2D eigenvalue weighted by Gasteiger charge is 2.11. The molecule has 2 heterocycles. The van der Waals surface area contributed by atoms with Crippen LogP contribution in [-0.2, 0) is 13.6 Å². The summed E-state index contributed by atoms with van der Waals surface area (Å²) in [7, 11) is 2.02. The van der Waals surface area contributed by atoms with Gasteiger partial charge in [-0.05, 0) is 43.7 Å². The summed E-state index contributed by atoms with van der Waals surface area (Å²) in [5.41, 5.74) is 4.83. The van der Waals surface area contributed by atoms with Gasteiger partial charge in [0.05, 0.1) is 10.2 Å². The topological polar surface area (TPSA) is 46.9 Å². The van der Waals surface area contributed by atoms with Crippen molar-refractivity contribution >= 4 is 39.1 Å². The van der Waals surface area contributed by atoms with E-state index in [0.29, 0.717) is 16.6 Å². The Balaban J connectivity index is 1.76. The molecule has 3 aromatic rings. The molecular weight excluding hydrogens is 318 g/mol. The molecule has 0 saturated carbocycles. The van der Waals surface area contributed by atoms with Gasteiger partial charge >= 0.3 is 0 Å². The average molecular weight is 334 g/mol. The molecule has 22 heavy (non-hydrogen) atoms. The van der Waals surface area contributed by atoms with E-state index in [2.05, 4.69) is 34.8 Å². The summed E-state index contributed by atoms with van der Waals surface area (Å²) in [5, 5.41) is 2.96. The predicted molar refractivity (Wildman–Crippen MR) is 90.7 cm³/mol. The molecular formula is C16H16ClN3OS. The number of halogens is 1. The first kappa shape index (κ1) is 15.1. The van der Waals surface area contributed by atoms with E-state index < -0.39 is 0 Å². The number of carbonyl (C=O) groups is 1. The predicted octanol–water partition coefficient (Wildman–Crippen LogP) is 3.84. The number of thiazole rings is 1. The maximum atomic E-state index is 12.3. The Morgan fingerprint density at radius 2 is 2.14 bits per heavy atom. The third kappa shape index (κ3) is 2.74. The lowest BCUT2D eigenvalue weighted by atomic mass is 10.2. The van der Waals surface area contributed by atoms with Crippen molar-refractivity contribution in [2.45, 2.75) is 20.4 Å². The Kier molecular flexibility index (Phi) is 3.93. The zero-order valence-electron chi connectivity index (χ0n) is 12.6. The van der Waals surface area contributed by atoms with Gasteiger partial charge in [0.1, 0.15) is 0 Å². The van der Waals surface area contributed by atoms with Gasteiger partial charge in [0.15, 0.2) is 4.47 Å². The van der Waals surface area contributed by atoms with Crippen LogP contribution in [0.3, 0.4) is 0 Å². The van der Waals surface area contributed by atoms with Gasteiger partial charge in [-0.1, -0.05) is 11.6 Å². The molecule has 2 aromatic heterocycles. The summed E-state index contributed by atoms with van der Waals surface area (Å²) in [6.45, 7) is 4.62. The van der Waals surface area contributed by atoms with E-state index >= 15 is 0 Å². The van der Waals surface area contributed by atoms with Crippen molar-refractivity contribution in [3.8, 4) is 0 Å². The van der Waals surface area contributed by atoms with Gasteiger partial charge in [0.25, 0.3) is 5.91 Å². The Labute approximate surface area is 137 Å². The van der Waals surface area contributed by atoms with Gasteiger partial charge in [0, 0.05) is 30.5 Å². The van der Waals surface area contributed by atoms with Crippen molar-refractivity contribution in [1.82, 2.24) is 14.9 Å². The summed E-state index contributed by atoms with van der Waals surface area (Å²) < 4.78 is 3.59. The third-order valence-corrected chi connectivity index (χ3v) is 5.08. The summed E-state index contributed by atoms with van der Waals surface area (Å²) in [6.07, 6.45) is 0. The van der Waals surface area contributed by atoms with Crippen molar-refractivity contribution in [3.05, 3.63) is 51.2 Å². The molecule has 3 rings (SSSR count). The number of carbonyl (C=O) groups excluding carboxylic acids is 1. The fraction of sp³-hybridized carbons (Fsp3) is 0.250. The highest BCUT2D eigenvalue weighted by atomic mass is 35.5. The smallest absolute Gasteiger partial charge is 0.251 e. The number of rotatable bonds is 3. The molecule has 1 N–H and O–H groups in total. The molecule has 0 atom stereocenters. The number of aryl methyl sites for hydroxylation is 1. The second-order valence-electron chi connectivity index (χ2n) is 5.29. The van der Waals surface area contributed by atoms with Crippen LogP contribution in [0.2, 0.25) is 4.47 Å². The molecule has 0 fully saturated rings. The first-order valence-electron chi connectivity index (χ1n) is 6.92. The number of nitrogens with zero attached hydrogens (tertiary/aromatic N) is 2. The molecule has 4 nitrogen and oxygen atoms in total. The maximum Gasteiger partial charge on any atom is 0.251 e. The Morgan fingerprint density at radius 3 is 2.82 bits per heavy atom. The summed E-state index contributed by atoms with van der Waals surface area (Å²) in [5.74, 6) is -0.105. The minimum Gasteiger partial charge on any atom is -0.352 e. The fourth-order valence-corrected chi connectivity index (χ4v) is 3.44. The highest BCUT2D eigenvalue weighted by molar-refractivity contribution is 7.22. The summed E-state index contributed by atoms with van der Waals surface area (Å²) in [6, 6.07) is 7.55. The molecule has 0 saturated heterocycles. The monoisotopic (exact) mass is 333 g/mol. The van der Waals surface area contributed by atoms with Crippen molar-refractivity contribution < 1.29 is 4.79 Å². The van der Waals surface area contributed by atoms with Gasteiger partial charge in [-0.15, -0.1) is 11.3 Å². The molecule has 0 aliphatic rings. The molecule has 0 radical (unpaired) electrons. The van der Waals surface area contributed by atoms with Crippen molar-refractivity contribution in [2.24, 2.45) is 7.05 Å². The van der Waals surface area contributed by atoms with Crippen LogP contribution in [0.4, 0.5) is 0 Å². The van der Waals surface area contributed by atoms with Gasteiger partial charge in [-0.2, -0.15) is 0 Å². The number of amides is 1. The lowest BCUT2D eigenvalue weighted by Gasteiger charge is -2.06. The number of hydrogen-bond acceptors (Lipinski definition) is 3. The molecule has 0 spiro atoms. The van der Waals surface area contributed by atoms with Crippen molar-refractivity contribution in [3.63, 3.8) is 0 Å². The van der Waals surface area contributed by atoms with E-state index in [1.807, 2.05) is 13.1 Å². The Morgan fingerprint density at radius 1 is 1.36 bits per heavy atom. The van der Waals surface area contributed by atoms with Crippen LogP contribution >= 0.6 is 22.9 Å². The number of nitrogens with one attached hydrogen (secondary N) is 1. The Hall–Kier alpha value is -1.85. The zero-order valence-corrected chi connectivity index (χ0v) is 14.2. The van der Waals surface area contributed by atoms with Gasteiger partial charge < -0.3 is 9.88 Å². The van der Waals surface area contributed by atoms with E-state index in [1.165, 1.54) is 22.7 Å². The van der Waals surface area contributed by atoms with Gasteiger partial charge in [-0.25, -0.2) is 4.98 Å². The van der Waals surface area contributed by atoms with Crippen molar-refractivity contribution in [2.75, 3.05) is 0 Å². The normalized spacial score (nSPS) is 11.1. The molecule has 0 aliphatic carbocycles. The van der Waals surface area contributed by atoms with Crippen LogP contribution in [0.1, 0.15) is 27.3 Å².